The first-order valence-corrected chi connectivity index (χ1v) is 11.7. The zero-order chi connectivity index (χ0) is 22.1. The van der Waals surface area contributed by atoms with Crippen LogP contribution in [-0.2, 0) is 6.18 Å². The minimum atomic E-state index is -4.30. The van der Waals surface area contributed by atoms with Gasteiger partial charge in [-0.15, -0.1) is 0 Å². The van der Waals surface area contributed by atoms with E-state index >= 15 is 0 Å². The van der Waals surface area contributed by atoms with Crippen molar-refractivity contribution in [2.24, 2.45) is 0 Å². The first kappa shape index (κ1) is 23.7. The number of rotatable bonds is 10. The van der Waals surface area contributed by atoms with Crippen LogP contribution in [0.4, 0.5) is 18.9 Å². The van der Waals surface area contributed by atoms with Crippen molar-refractivity contribution in [1.29, 1.82) is 0 Å². The number of unbranched alkanes of at least 4 members (excludes halogenated alkanes) is 4. The summed E-state index contributed by atoms with van der Waals surface area (Å²) in [7, 11) is 0. The van der Waals surface area contributed by atoms with Crippen LogP contribution in [0.25, 0.3) is 0 Å². The van der Waals surface area contributed by atoms with Gasteiger partial charge in [0.15, 0.2) is 5.16 Å². The van der Waals surface area contributed by atoms with E-state index < -0.39 is 11.7 Å². The lowest BCUT2D eigenvalue weighted by Gasteiger charge is -2.36. The van der Waals surface area contributed by atoms with Crippen molar-refractivity contribution in [3.8, 4) is 0 Å². The molecule has 2 heterocycles. The molecule has 1 aromatic heterocycles. The minimum absolute atomic E-state index is 0.117. The molecule has 1 aliphatic heterocycles. The highest BCUT2D eigenvalue weighted by Gasteiger charge is 2.31. The van der Waals surface area contributed by atoms with Crippen LogP contribution in [0.2, 0.25) is 0 Å². The number of aromatic nitrogens is 2. The summed E-state index contributed by atoms with van der Waals surface area (Å²) in [6.45, 7) is 4.33. The number of alkyl halides is 3. The van der Waals surface area contributed by atoms with Crippen molar-refractivity contribution in [2.75, 3.05) is 43.4 Å². The summed E-state index contributed by atoms with van der Waals surface area (Å²) >= 11 is 1.58. The third-order valence-electron chi connectivity index (χ3n) is 5.42. The predicted octanol–water partition coefficient (Wildman–Crippen LogP) is 4.65. The number of hydrogen-bond acceptors (Lipinski definition) is 5. The Labute approximate surface area is 185 Å². The topological polar surface area (TPSA) is 52.2 Å². The molecule has 5 nitrogen and oxygen atoms in total. The van der Waals surface area contributed by atoms with E-state index in [1.807, 2.05) is 4.90 Å². The van der Waals surface area contributed by atoms with E-state index in [1.54, 1.807) is 17.8 Å². The van der Waals surface area contributed by atoms with Crippen molar-refractivity contribution < 1.29 is 13.2 Å². The fourth-order valence-electron chi connectivity index (χ4n) is 3.67. The fraction of sp³-hybridized carbons (Fsp3) is 0.545. The second kappa shape index (κ2) is 11.6. The fourth-order valence-corrected chi connectivity index (χ4v) is 4.52. The lowest BCUT2D eigenvalue weighted by Crippen LogP contribution is -2.46. The van der Waals surface area contributed by atoms with E-state index in [-0.39, 0.29) is 5.56 Å². The van der Waals surface area contributed by atoms with Gasteiger partial charge < -0.3 is 9.88 Å². The highest BCUT2D eigenvalue weighted by Crippen LogP contribution is 2.31. The number of thioether (sulfide) groups is 1. The molecule has 1 aliphatic rings. The van der Waals surface area contributed by atoms with E-state index in [1.165, 1.54) is 37.2 Å². The van der Waals surface area contributed by atoms with Gasteiger partial charge in [-0.25, -0.2) is 4.98 Å². The van der Waals surface area contributed by atoms with Gasteiger partial charge in [-0.05, 0) is 37.6 Å². The Morgan fingerprint density at radius 3 is 2.48 bits per heavy atom. The van der Waals surface area contributed by atoms with Crippen LogP contribution >= 0.6 is 11.8 Å². The quantitative estimate of drug-likeness (QED) is 0.322. The lowest BCUT2D eigenvalue weighted by atomic mass is 10.1. The Morgan fingerprint density at radius 2 is 1.74 bits per heavy atom. The van der Waals surface area contributed by atoms with Crippen LogP contribution in [0, 0.1) is 0 Å². The molecule has 0 spiro atoms. The maximum Gasteiger partial charge on any atom is 0.416 e. The average molecular weight is 455 g/mol. The minimum Gasteiger partial charge on any atom is -0.369 e. The maximum atomic E-state index is 12.9. The largest absolute Gasteiger partial charge is 0.416 e. The molecular weight excluding hydrogens is 425 g/mol. The standard InChI is InChI=1S/C22H29F3N4OS/c23-22(24,25)18-7-6-8-19(17-18)29-14-12-28(13-15-29)11-4-2-1-3-5-16-31-21-26-10-9-20(30)27-21/h6-10,17H,1-5,11-16H2,(H,26,27,30). The maximum absolute atomic E-state index is 12.9. The van der Waals surface area contributed by atoms with Gasteiger partial charge in [0.2, 0.25) is 0 Å². The summed E-state index contributed by atoms with van der Waals surface area (Å²) in [5, 5.41) is 0.678. The van der Waals surface area contributed by atoms with Gasteiger partial charge in [-0.1, -0.05) is 37.1 Å². The number of nitrogens with one attached hydrogen (secondary N) is 1. The Hall–Kier alpha value is -2.00. The van der Waals surface area contributed by atoms with Gasteiger partial charge in [0.05, 0.1) is 5.56 Å². The number of benzene rings is 1. The summed E-state index contributed by atoms with van der Waals surface area (Å²) < 4.78 is 38.8. The summed E-state index contributed by atoms with van der Waals surface area (Å²) in [5.41, 5.74) is -0.0468. The zero-order valence-electron chi connectivity index (χ0n) is 17.5. The molecule has 0 radical (unpaired) electrons. The molecule has 0 bridgehead atoms. The summed E-state index contributed by atoms with van der Waals surface area (Å²) in [5.74, 6) is 0.949. The zero-order valence-corrected chi connectivity index (χ0v) is 18.4. The van der Waals surface area contributed by atoms with Gasteiger partial charge >= 0.3 is 6.18 Å². The van der Waals surface area contributed by atoms with Gasteiger partial charge in [-0.2, -0.15) is 13.2 Å². The SMILES string of the molecule is O=c1ccnc(SCCCCCCCN2CCN(c3cccc(C(F)(F)F)c3)CC2)[nH]1. The average Bonchev–Trinajstić information content (AvgIpc) is 2.75. The third-order valence-corrected chi connectivity index (χ3v) is 6.39. The van der Waals surface area contributed by atoms with Crippen LogP contribution < -0.4 is 10.5 Å². The lowest BCUT2D eigenvalue weighted by molar-refractivity contribution is -0.137. The normalized spacial score (nSPS) is 15.4. The molecule has 1 saturated heterocycles. The second-order valence-electron chi connectivity index (χ2n) is 7.73. The van der Waals surface area contributed by atoms with Crippen LogP contribution in [0.1, 0.15) is 37.7 Å². The Morgan fingerprint density at radius 1 is 1.00 bits per heavy atom. The van der Waals surface area contributed by atoms with Crippen molar-refractivity contribution in [3.63, 3.8) is 0 Å². The van der Waals surface area contributed by atoms with Gasteiger partial charge in [0.25, 0.3) is 5.56 Å². The van der Waals surface area contributed by atoms with Gasteiger partial charge in [0, 0.05) is 49.9 Å². The molecule has 3 rings (SSSR count). The van der Waals surface area contributed by atoms with E-state index in [0.717, 1.165) is 63.8 Å². The van der Waals surface area contributed by atoms with E-state index in [2.05, 4.69) is 14.9 Å². The monoisotopic (exact) mass is 454 g/mol. The number of piperazine rings is 1. The molecule has 1 aromatic carbocycles. The molecule has 1 fully saturated rings. The van der Waals surface area contributed by atoms with Crippen molar-refractivity contribution in [3.05, 3.63) is 52.4 Å². The predicted molar refractivity (Wildman–Crippen MR) is 119 cm³/mol. The molecule has 9 heteroatoms. The Balaban J connectivity index is 1.25. The number of anilines is 1. The third kappa shape index (κ3) is 7.88. The smallest absolute Gasteiger partial charge is 0.369 e. The molecule has 0 aliphatic carbocycles. The van der Waals surface area contributed by atoms with Crippen LogP contribution in [0.3, 0.4) is 0 Å². The molecule has 0 amide bonds. The Kier molecular flexibility index (Phi) is 8.83. The summed E-state index contributed by atoms with van der Waals surface area (Å²) in [6, 6.07) is 7.03. The number of H-pyrrole nitrogens is 1. The molecule has 170 valence electrons. The summed E-state index contributed by atoms with van der Waals surface area (Å²) in [4.78, 5) is 22.5. The van der Waals surface area contributed by atoms with Crippen molar-refractivity contribution in [2.45, 2.75) is 43.4 Å². The molecular formula is C22H29F3N4OS. The van der Waals surface area contributed by atoms with Gasteiger partial charge in [0.1, 0.15) is 0 Å². The van der Waals surface area contributed by atoms with E-state index in [0.29, 0.717) is 10.8 Å². The van der Waals surface area contributed by atoms with E-state index in [4.69, 9.17) is 0 Å². The second-order valence-corrected chi connectivity index (χ2v) is 8.82. The molecule has 0 saturated carbocycles. The molecule has 0 atom stereocenters. The highest BCUT2D eigenvalue weighted by molar-refractivity contribution is 7.99. The van der Waals surface area contributed by atoms with Crippen LogP contribution in [0.5, 0.6) is 0 Å². The van der Waals surface area contributed by atoms with Crippen molar-refractivity contribution in [1.82, 2.24) is 14.9 Å². The number of halogens is 3. The molecule has 31 heavy (non-hydrogen) atoms. The molecule has 0 unspecified atom stereocenters. The van der Waals surface area contributed by atoms with Gasteiger partial charge in [-0.3, -0.25) is 9.69 Å². The van der Waals surface area contributed by atoms with Crippen molar-refractivity contribution >= 4 is 17.4 Å². The molecule has 2 aromatic rings. The van der Waals surface area contributed by atoms with Crippen LogP contribution in [0.15, 0.2) is 46.5 Å². The number of nitrogens with zero attached hydrogens (tertiary/aromatic N) is 3. The Bertz CT molecular complexity index is 866. The highest BCUT2D eigenvalue weighted by atomic mass is 32.2. The number of aromatic amines is 1. The number of hydrogen-bond donors (Lipinski definition) is 1. The first-order chi connectivity index (χ1) is 14.9. The summed E-state index contributed by atoms with van der Waals surface area (Å²) in [6.07, 6.45) is 2.99. The molecule has 1 N–H and O–H groups in total. The first-order valence-electron chi connectivity index (χ1n) is 10.7. The van der Waals surface area contributed by atoms with Crippen LogP contribution in [-0.4, -0.2) is 53.3 Å². The van der Waals surface area contributed by atoms with E-state index in [9.17, 15) is 18.0 Å².